The molecule has 1 heterocycles. The highest BCUT2D eigenvalue weighted by Gasteiger charge is 2.12. The first-order valence-electron chi connectivity index (χ1n) is 8.10. The van der Waals surface area contributed by atoms with E-state index in [1.807, 2.05) is 19.2 Å². The van der Waals surface area contributed by atoms with E-state index in [2.05, 4.69) is 36.4 Å². The Hall–Kier alpha value is -1.58. The lowest BCUT2D eigenvalue weighted by atomic mass is 10.1. The Morgan fingerprint density at radius 1 is 1.24 bits per heavy atom. The Bertz CT molecular complexity index is 446. The minimum Gasteiger partial charge on any atom is -0.373 e. The summed E-state index contributed by atoms with van der Waals surface area (Å²) in [5, 5.41) is 6.11. The molecule has 4 nitrogen and oxygen atoms in total. The van der Waals surface area contributed by atoms with Gasteiger partial charge in [0, 0.05) is 24.3 Å². The van der Waals surface area contributed by atoms with Crippen LogP contribution in [0.3, 0.4) is 0 Å². The zero-order valence-electron chi connectivity index (χ0n) is 13.8. The van der Waals surface area contributed by atoms with Crippen LogP contribution in [0.4, 0.5) is 5.82 Å². The lowest BCUT2D eigenvalue weighted by molar-refractivity contribution is 0.0937. The highest BCUT2D eigenvalue weighted by atomic mass is 16.1. The van der Waals surface area contributed by atoms with Crippen LogP contribution >= 0.6 is 0 Å². The van der Waals surface area contributed by atoms with Gasteiger partial charge in [-0.25, -0.2) is 4.98 Å². The van der Waals surface area contributed by atoms with Gasteiger partial charge in [-0.15, -0.1) is 0 Å². The number of pyridine rings is 1. The highest BCUT2D eigenvalue weighted by molar-refractivity contribution is 5.95. The standard InChI is InChI=1S/C17H29N3O/c1-5-7-8-10-13(3)19-17(21)14-11-15(9-6-2)20-16(12-14)18-4/h11-13H,5-10H2,1-4H3,(H,18,20)(H,19,21). The van der Waals surface area contributed by atoms with E-state index in [9.17, 15) is 4.79 Å². The molecule has 0 aliphatic rings. The number of hydrogen-bond donors (Lipinski definition) is 2. The molecular formula is C17H29N3O. The van der Waals surface area contributed by atoms with Gasteiger partial charge in [0.2, 0.25) is 0 Å². The van der Waals surface area contributed by atoms with Gasteiger partial charge in [0.25, 0.3) is 5.91 Å². The van der Waals surface area contributed by atoms with Gasteiger partial charge in [-0.3, -0.25) is 4.79 Å². The van der Waals surface area contributed by atoms with Gasteiger partial charge < -0.3 is 10.6 Å². The van der Waals surface area contributed by atoms with Gasteiger partial charge in [-0.2, -0.15) is 0 Å². The summed E-state index contributed by atoms with van der Waals surface area (Å²) in [6.45, 7) is 6.37. The van der Waals surface area contributed by atoms with Gasteiger partial charge in [0.1, 0.15) is 5.82 Å². The predicted molar refractivity (Wildman–Crippen MR) is 88.8 cm³/mol. The quantitative estimate of drug-likeness (QED) is 0.681. The number of aromatic nitrogens is 1. The number of anilines is 1. The van der Waals surface area contributed by atoms with Crippen molar-refractivity contribution in [2.24, 2.45) is 0 Å². The maximum atomic E-state index is 12.3. The Kier molecular flexibility index (Phi) is 7.80. The first-order valence-corrected chi connectivity index (χ1v) is 8.10. The monoisotopic (exact) mass is 291 g/mol. The van der Waals surface area contributed by atoms with Crippen LogP contribution in [0.25, 0.3) is 0 Å². The number of aryl methyl sites for hydroxylation is 1. The number of nitrogens with zero attached hydrogens (tertiary/aromatic N) is 1. The third-order valence-corrected chi connectivity index (χ3v) is 3.52. The molecular weight excluding hydrogens is 262 g/mol. The molecule has 4 heteroatoms. The van der Waals surface area contributed by atoms with Gasteiger partial charge in [-0.1, -0.05) is 39.5 Å². The molecule has 0 saturated carbocycles. The SMILES string of the molecule is CCCCCC(C)NC(=O)c1cc(CCC)nc(NC)c1. The molecule has 0 aromatic carbocycles. The molecule has 0 aliphatic heterocycles. The Balaban J connectivity index is 2.69. The van der Waals surface area contributed by atoms with Crippen molar-refractivity contribution in [2.45, 2.75) is 65.3 Å². The van der Waals surface area contributed by atoms with E-state index in [-0.39, 0.29) is 11.9 Å². The van der Waals surface area contributed by atoms with Crippen molar-refractivity contribution < 1.29 is 4.79 Å². The minimum atomic E-state index is -0.00440. The second-order valence-corrected chi connectivity index (χ2v) is 5.60. The van der Waals surface area contributed by atoms with Crippen LogP contribution in [0, 0.1) is 0 Å². The molecule has 1 aromatic heterocycles. The van der Waals surface area contributed by atoms with E-state index in [1.165, 1.54) is 12.8 Å². The summed E-state index contributed by atoms with van der Waals surface area (Å²) in [7, 11) is 1.83. The number of rotatable bonds is 9. The van der Waals surface area contributed by atoms with Gasteiger partial charge in [0.15, 0.2) is 0 Å². The lowest BCUT2D eigenvalue weighted by Crippen LogP contribution is -2.32. The smallest absolute Gasteiger partial charge is 0.251 e. The van der Waals surface area contributed by atoms with Crippen molar-refractivity contribution in [3.8, 4) is 0 Å². The fourth-order valence-electron chi connectivity index (χ4n) is 2.31. The number of carbonyl (C=O) groups is 1. The van der Waals surface area contributed by atoms with Crippen LogP contribution in [0.2, 0.25) is 0 Å². The summed E-state index contributed by atoms with van der Waals surface area (Å²) < 4.78 is 0. The average Bonchev–Trinajstić information content (AvgIpc) is 2.47. The van der Waals surface area contributed by atoms with E-state index < -0.39 is 0 Å². The van der Waals surface area contributed by atoms with Gasteiger partial charge in [0.05, 0.1) is 0 Å². The molecule has 21 heavy (non-hydrogen) atoms. The molecule has 0 saturated heterocycles. The number of hydrogen-bond acceptors (Lipinski definition) is 3. The van der Waals surface area contributed by atoms with Gasteiger partial charge in [-0.05, 0) is 31.9 Å². The van der Waals surface area contributed by atoms with Crippen LogP contribution < -0.4 is 10.6 Å². The molecule has 0 fully saturated rings. The maximum absolute atomic E-state index is 12.3. The van der Waals surface area contributed by atoms with Crippen molar-refractivity contribution in [3.05, 3.63) is 23.4 Å². The molecule has 1 rings (SSSR count). The van der Waals surface area contributed by atoms with Crippen molar-refractivity contribution >= 4 is 11.7 Å². The fourth-order valence-corrected chi connectivity index (χ4v) is 2.31. The van der Waals surface area contributed by atoms with E-state index in [0.29, 0.717) is 5.56 Å². The molecule has 1 unspecified atom stereocenters. The zero-order chi connectivity index (χ0) is 15.7. The fraction of sp³-hybridized carbons (Fsp3) is 0.647. The van der Waals surface area contributed by atoms with E-state index in [1.54, 1.807) is 0 Å². The molecule has 2 N–H and O–H groups in total. The van der Waals surface area contributed by atoms with Crippen LogP contribution in [0.5, 0.6) is 0 Å². The van der Waals surface area contributed by atoms with Crippen LogP contribution in [0.15, 0.2) is 12.1 Å². The number of amides is 1. The van der Waals surface area contributed by atoms with Crippen LogP contribution in [-0.2, 0) is 6.42 Å². The van der Waals surface area contributed by atoms with E-state index in [0.717, 1.165) is 37.2 Å². The van der Waals surface area contributed by atoms with E-state index in [4.69, 9.17) is 0 Å². The second kappa shape index (κ2) is 9.37. The molecule has 0 spiro atoms. The normalized spacial score (nSPS) is 12.0. The zero-order valence-corrected chi connectivity index (χ0v) is 13.8. The molecule has 118 valence electrons. The van der Waals surface area contributed by atoms with Gasteiger partial charge >= 0.3 is 0 Å². The summed E-state index contributed by atoms with van der Waals surface area (Å²) in [5.74, 6) is 0.750. The number of unbranched alkanes of at least 4 members (excludes halogenated alkanes) is 2. The largest absolute Gasteiger partial charge is 0.373 e. The third kappa shape index (κ3) is 6.15. The van der Waals surface area contributed by atoms with Crippen molar-refractivity contribution in [1.29, 1.82) is 0 Å². The minimum absolute atomic E-state index is 0.00440. The third-order valence-electron chi connectivity index (χ3n) is 3.52. The number of nitrogens with one attached hydrogen (secondary N) is 2. The van der Waals surface area contributed by atoms with Crippen molar-refractivity contribution in [3.63, 3.8) is 0 Å². The summed E-state index contributed by atoms with van der Waals surface area (Å²) in [6.07, 6.45) is 6.54. The summed E-state index contributed by atoms with van der Waals surface area (Å²) in [6, 6.07) is 3.93. The molecule has 1 atom stereocenters. The highest BCUT2D eigenvalue weighted by Crippen LogP contribution is 2.12. The lowest BCUT2D eigenvalue weighted by Gasteiger charge is -2.14. The van der Waals surface area contributed by atoms with Crippen LogP contribution in [0.1, 0.15) is 68.9 Å². The molecule has 1 aromatic rings. The van der Waals surface area contributed by atoms with E-state index >= 15 is 0 Å². The van der Waals surface area contributed by atoms with Crippen LogP contribution in [-0.4, -0.2) is 24.0 Å². The Labute approximate surface area is 128 Å². The van der Waals surface area contributed by atoms with Crippen molar-refractivity contribution in [2.75, 3.05) is 12.4 Å². The van der Waals surface area contributed by atoms with Crippen molar-refractivity contribution in [1.82, 2.24) is 10.3 Å². The maximum Gasteiger partial charge on any atom is 0.251 e. The Morgan fingerprint density at radius 3 is 2.62 bits per heavy atom. The molecule has 0 aliphatic carbocycles. The molecule has 1 amide bonds. The molecule has 0 bridgehead atoms. The Morgan fingerprint density at radius 2 is 2.00 bits per heavy atom. The first kappa shape index (κ1) is 17.5. The topological polar surface area (TPSA) is 54.0 Å². The summed E-state index contributed by atoms with van der Waals surface area (Å²) >= 11 is 0. The average molecular weight is 291 g/mol. The first-order chi connectivity index (χ1) is 10.1. The predicted octanol–water partition coefficient (Wildman–Crippen LogP) is 3.77. The molecule has 0 radical (unpaired) electrons. The second-order valence-electron chi connectivity index (χ2n) is 5.60. The number of carbonyl (C=O) groups excluding carboxylic acids is 1. The summed E-state index contributed by atoms with van der Waals surface area (Å²) in [5.41, 5.74) is 1.66. The summed E-state index contributed by atoms with van der Waals surface area (Å²) in [4.78, 5) is 16.8.